The molecule has 2 aromatic carbocycles. The zero-order valence-electron chi connectivity index (χ0n) is 14.4. The van der Waals surface area contributed by atoms with Gasteiger partial charge in [0.05, 0.1) is 12.7 Å². The molecule has 7 heteroatoms. The maximum atomic E-state index is 12.2. The molecule has 136 valence electrons. The van der Waals surface area contributed by atoms with Crippen LogP contribution in [0.5, 0.6) is 0 Å². The first-order chi connectivity index (χ1) is 13.1. The fourth-order valence-corrected chi connectivity index (χ4v) is 2.43. The Kier molecular flexibility index (Phi) is 5.32. The van der Waals surface area contributed by atoms with Crippen molar-refractivity contribution in [2.45, 2.75) is 0 Å². The van der Waals surface area contributed by atoms with Crippen molar-refractivity contribution in [3.05, 3.63) is 77.7 Å². The molecule has 0 radical (unpaired) electrons. The Morgan fingerprint density at radius 3 is 2.44 bits per heavy atom. The molecule has 27 heavy (non-hydrogen) atoms. The van der Waals surface area contributed by atoms with E-state index in [2.05, 4.69) is 10.5 Å². The third-order valence-corrected chi connectivity index (χ3v) is 3.77. The number of methoxy groups -OCH3 is 1. The molecule has 0 spiro atoms. The Hall–Kier alpha value is -3.87. The quantitative estimate of drug-likeness (QED) is 0.639. The number of rotatable bonds is 6. The van der Waals surface area contributed by atoms with Crippen LogP contribution in [-0.4, -0.2) is 29.3 Å². The molecule has 3 rings (SSSR count). The number of nitrogens with one attached hydrogen (secondary N) is 1. The standard InChI is InChI=1S/C20H16N2O5/c1-26-20(25)17-16(27-22-18(17)13-5-3-2-4-6-13)11-12-21-15-9-7-14(8-10-15)19(23)24/h2-12,21H,1H3,(H,23,24)/b12-11+. The number of hydrogen-bond donors (Lipinski definition) is 2. The minimum Gasteiger partial charge on any atom is -0.478 e. The van der Waals surface area contributed by atoms with Gasteiger partial charge in [-0.15, -0.1) is 0 Å². The number of carboxylic acid groups (broad SMARTS) is 1. The molecular weight excluding hydrogens is 348 g/mol. The first-order valence-corrected chi connectivity index (χ1v) is 8.00. The van der Waals surface area contributed by atoms with E-state index in [0.29, 0.717) is 11.4 Å². The number of anilines is 1. The number of aromatic nitrogens is 1. The second-order valence-electron chi connectivity index (χ2n) is 5.49. The van der Waals surface area contributed by atoms with Gasteiger partial charge < -0.3 is 19.7 Å². The number of aromatic carboxylic acids is 1. The smallest absolute Gasteiger partial charge is 0.344 e. The van der Waals surface area contributed by atoms with E-state index in [1.54, 1.807) is 24.4 Å². The fraction of sp³-hybridized carbons (Fsp3) is 0.0500. The lowest BCUT2D eigenvalue weighted by molar-refractivity contribution is 0.0599. The van der Waals surface area contributed by atoms with Gasteiger partial charge in [-0.3, -0.25) is 0 Å². The van der Waals surface area contributed by atoms with Gasteiger partial charge in [-0.1, -0.05) is 35.5 Å². The summed E-state index contributed by atoms with van der Waals surface area (Å²) in [5.41, 5.74) is 2.23. The number of carboxylic acids is 1. The average Bonchev–Trinajstić information content (AvgIpc) is 3.12. The van der Waals surface area contributed by atoms with Gasteiger partial charge in [0.1, 0.15) is 11.3 Å². The zero-order chi connectivity index (χ0) is 19.2. The third-order valence-electron chi connectivity index (χ3n) is 3.77. The van der Waals surface area contributed by atoms with E-state index in [9.17, 15) is 9.59 Å². The Labute approximate surface area is 154 Å². The molecule has 0 saturated heterocycles. The van der Waals surface area contributed by atoms with Crippen molar-refractivity contribution >= 4 is 23.7 Å². The minimum absolute atomic E-state index is 0.195. The molecular formula is C20H16N2O5. The summed E-state index contributed by atoms with van der Waals surface area (Å²) in [7, 11) is 1.29. The topological polar surface area (TPSA) is 102 Å². The van der Waals surface area contributed by atoms with Gasteiger partial charge in [-0.25, -0.2) is 9.59 Å². The van der Waals surface area contributed by atoms with E-state index in [0.717, 1.165) is 5.56 Å². The predicted molar refractivity (Wildman–Crippen MR) is 99.3 cm³/mol. The van der Waals surface area contributed by atoms with Crippen LogP contribution in [-0.2, 0) is 4.74 Å². The van der Waals surface area contributed by atoms with Gasteiger partial charge in [0.15, 0.2) is 5.76 Å². The highest BCUT2D eigenvalue weighted by molar-refractivity contribution is 5.99. The second kappa shape index (κ2) is 8.01. The maximum absolute atomic E-state index is 12.2. The Morgan fingerprint density at radius 1 is 1.11 bits per heavy atom. The number of carbonyl (C=O) groups excluding carboxylic acids is 1. The van der Waals surface area contributed by atoms with Gasteiger partial charge in [0.25, 0.3) is 0 Å². The molecule has 1 heterocycles. The van der Waals surface area contributed by atoms with Crippen molar-refractivity contribution < 1.29 is 24.0 Å². The molecule has 2 N–H and O–H groups in total. The summed E-state index contributed by atoms with van der Waals surface area (Å²) in [5, 5.41) is 15.9. The SMILES string of the molecule is COC(=O)c1c(-c2ccccc2)noc1/C=C/Nc1ccc(C(=O)O)cc1. The molecule has 0 saturated carbocycles. The number of nitrogens with zero attached hydrogens (tertiary/aromatic N) is 1. The van der Waals surface area contributed by atoms with Crippen molar-refractivity contribution in [3.63, 3.8) is 0 Å². The zero-order valence-corrected chi connectivity index (χ0v) is 14.4. The van der Waals surface area contributed by atoms with E-state index in [1.165, 1.54) is 19.2 Å². The van der Waals surface area contributed by atoms with E-state index < -0.39 is 11.9 Å². The number of carbonyl (C=O) groups is 2. The average molecular weight is 364 g/mol. The molecule has 0 amide bonds. The molecule has 7 nitrogen and oxygen atoms in total. The molecule has 0 fully saturated rings. The third kappa shape index (κ3) is 4.04. The number of esters is 1. The van der Waals surface area contributed by atoms with Crippen LogP contribution in [0.1, 0.15) is 26.5 Å². The van der Waals surface area contributed by atoms with Gasteiger partial charge >= 0.3 is 11.9 Å². The van der Waals surface area contributed by atoms with E-state index in [1.807, 2.05) is 30.3 Å². The summed E-state index contributed by atoms with van der Waals surface area (Å²) in [6.45, 7) is 0. The Bertz CT molecular complexity index is 975. The molecule has 3 aromatic rings. The molecule has 0 aliphatic rings. The lowest BCUT2D eigenvalue weighted by Gasteiger charge is -2.02. The monoisotopic (exact) mass is 364 g/mol. The van der Waals surface area contributed by atoms with Crippen molar-refractivity contribution in [3.8, 4) is 11.3 Å². The summed E-state index contributed by atoms with van der Waals surface area (Å²) >= 11 is 0. The Morgan fingerprint density at radius 2 is 1.81 bits per heavy atom. The van der Waals surface area contributed by atoms with Gasteiger partial charge in [-0.05, 0) is 24.3 Å². The fourth-order valence-electron chi connectivity index (χ4n) is 2.43. The Balaban J connectivity index is 1.84. The highest BCUT2D eigenvalue weighted by Gasteiger charge is 2.23. The predicted octanol–water partition coefficient (Wildman–Crippen LogP) is 3.91. The van der Waals surface area contributed by atoms with Crippen LogP contribution in [0.25, 0.3) is 17.3 Å². The van der Waals surface area contributed by atoms with Crippen molar-refractivity contribution in [2.75, 3.05) is 12.4 Å². The van der Waals surface area contributed by atoms with Crippen LogP contribution >= 0.6 is 0 Å². The maximum Gasteiger partial charge on any atom is 0.344 e. The summed E-state index contributed by atoms with van der Waals surface area (Å²) in [6, 6.07) is 15.4. The number of hydrogen-bond acceptors (Lipinski definition) is 6. The lowest BCUT2D eigenvalue weighted by atomic mass is 10.1. The van der Waals surface area contributed by atoms with Crippen molar-refractivity contribution in [2.24, 2.45) is 0 Å². The van der Waals surface area contributed by atoms with Crippen molar-refractivity contribution in [1.82, 2.24) is 5.16 Å². The summed E-state index contributed by atoms with van der Waals surface area (Å²) < 4.78 is 10.2. The minimum atomic E-state index is -0.991. The largest absolute Gasteiger partial charge is 0.478 e. The van der Waals surface area contributed by atoms with Crippen LogP contribution in [0.4, 0.5) is 5.69 Å². The van der Waals surface area contributed by atoms with Crippen LogP contribution in [0.15, 0.2) is 65.3 Å². The lowest BCUT2D eigenvalue weighted by Crippen LogP contribution is -2.03. The van der Waals surface area contributed by atoms with E-state index in [4.69, 9.17) is 14.4 Å². The summed E-state index contributed by atoms with van der Waals surface area (Å²) in [6.07, 6.45) is 3.12. The van der Waals surface area contributed by atoms with Crippen LogP contribution < -0.4 is 5.32 Å². The highest BCUT2D eigenvalue weighted by Crippen LogP contribution is 2.27. The van der Waals surface area contributed by atoms with E-state index >= 15 is 0 Å². The molecule has 0 aliphatic carbocycles. The normalized spacial score (nSPS) is 10.7. The van der Waals surface area contributed by atoms with Crippen LogP contribution in [0.2, 0.25) is 0 Å². The molecule has 0 atom stereocenters. The summed E-state index contributed by atoms with van der Waals surface area (Å²) in [5.74, 6) is -1.30. The first kappa shape index (κ1) is 17.9. The highest BCUT2D eigenvalue weighted by atomic mass is 16.5. The molecule has 0 unspecified atom stereocenters. The van der Waals surface area contributed by atoms with Crippen LogP contribution in [0, 0.1) is 0 Å². The van der Waals surface area contributed by atoms with Crippen molar-refractivity contribution in [1.29, 1.82) is 0 Å². The molecule has 0 aliphatic heterocycles. The number of ether oxygens (including phenoxy) is 1. The molecule has 1 aromatic heterocycles. The van der Waals surface area contributed by atoms with E-state index in [-0.39, 0.29) is 16.9 Å². The van der Waals surface area contributed by atoms with Gasteiger partial charge in [0.2, 0.25) is 0 Å². The summed E-state index contributed by atoms with van der Waals surface area (Å²) in [4.78, 5) is 23.1. The first-order valence-electron chi connectivity index (χ1n) is 8.00. The number of benzene rings is 2. The molecule has 0 bridgehead atoms. The van der Waals surface area contributed by atoms with Crippen LogP contribution in [0.3, 0.4) is 0 Å². The van der Waals surface area contributed by atoms with Gasteiger partial charge in [-0.2, -0.15) is 0 Å². The van der Waals surface area contributed by atoms with Gasteiger partial charge in [0, 0.05) is 23.5 Å². The second-order valence-corrected chi connectivity index (χ2v) is 5.49.